The number of para-hydroxylation sites is 8. The average Bonchev–Trinajstić information content (AvgIpc) is 1.65. The molecule has 10 nitrogen and oxygen atoms in total. The van der Waals surface area contributed by atoms with Gasteiger partial charge < -0.3 is 18.7 Å². The van der Waals surface area contributed by atoms with Gasteiger partial charge in [0.25, 0.3) is 0 Å². The van der Waals surface area contributed by atoms with Crippen LogP contribution in [0.25, 0.3) is 94.1 Å². The summed E-state index contributed by atoms with van der Waals surface area (Å²) >= 11 is 3.62. The van der Waals surface area contributed by atoms with E-state index in [2.05, 4.69) is 316 Å². The molecule has 2 aliphatic heterocycles. The minimum absolute atomic E-state index is 0.0437. The van der Waals surface area contributed by atoms with Crippen molar-refractivity contribution in [3.05, 3.63) is 294 Å². The highest BCUT2D eigenvalue weighted by atomic mass is 79.9. The van der Waals surface area contributed by atoms with Crippen molar-refractivity contribution in [2.75, 3.05) is 9.80 Å². The molecule has 0 atom stereocenters. The van der Waals surface area contributed by atoms with Gasteiger partial charge in [-0.1, -0.05) is 189 Å². The number of imidazole rings is 2. The molecule has 0 amide bonds. The van der Waals surface area contributed by atoms with Crippen LogP contribution in [0.2, 0.25) is 0 Å². The van der Waals surface area contributed by atoms with Crippen molar-refractivity contribution in [1.29, 1.82) is 0 Å². The van der Waals surface area contributed by atoms with Gasteiger partial charge in [0.15, 0.2) is 0 Å². The first-order valence-corrected chi connectivity index (χ1v) is 31.6. The number of H-pyrrole nitrogens is 1. The summed E-state index contributed by atoms with van der Waals surface area (Å²) in [5, 5.41) is 4.97. The van der Waals surface area contributed by atoms with Crippen molar-refractivity contribution in [2.24, 2.45) is 14.1 Å². The Morgan fingerprint density at radius 2 is 0.824 bits per heavy atom. The molecule has 0 saturated heterocycles. The molecule has 0 fully saturated rings. The first-order valence-electron chi connectivity index (χ1n) is 30.8. The van der Waals surface area contributed by atoms with Crippen molar-refractivity contribution < 1.29 is 0 Å². The Bertz CT molecular complexity index is 5500. The fraction of sp³-hybridized carbons (Fsp3) is 0.100. The molecule has 6 aromatic heterocycles. The minimum Gasteiger partial charge on any atom is -0.354 e. The van der Waals surface area contributed by atoms with Crippen LogP contribution in [0.1, 0.15) is 49.9 Å². The van der Waals surface area contributed by atoms with Gasteiger partial charge in [-0.3, -0.25) is 9.80 Å². The van der Waals surface area contributed by atoms with Crippen LogP contribution in [0, 0.1) is 0 Å². The summed E-state index contributed by atoms with van der Waals surface area (Å²) in [7, 11) is 4.17. The molecule has 0 bridgehead atoms. The molecule has 2 aliphatic rings. The molecule has 16 aromatic rings. The molecular formula is C80H63BrN10. The van der Waals surface area contributed by atoms with E-state index in [1.807, 2.05) is 42.7 Å². The third-order valence-corrected chi connectivity index (χ3v) is 19.2. The Kier molecular flexibility index (Phi) is 13.2. The van der Waals surface area contributed by atoms with Crippen molar-refractivity contribution in [1.82, 2.24) is 38.6 Å². The van der Waals surface area contributed by atoms with Crippen LogP contribution >= 0.6 is 15.9 Å². The molecule has 1 N–H and O–H groups in total. The second-order valence-electron chi connectivity index (χ2n) is 24.7. The lowest BCUT2D eigenvalue weighted by molar-refractivity contribution is 0.631. The zero-order valence-corrected chi connectivity index (χ0v) is 52.9. The lowest BCUT2D eigenvalue weighted by Gasteiger charge is -2.41. The molecule has 440 valence electrons. The van der Waals surface area contributed by atoms with Gasteiger partial charge in [-0.2, -0.15) is 0 Å². The maximum absolute atomic E-state index is 5.02. The van der Waals surface area contributed by atoms with Gasteiger partial charge in [0.05, 0.1) is 55.8 Å². The lowest BCUT2D eigenvalue weighted by atomic mass is 9.73. The molecule has 0 spiro atoms. The average molecular weight is 1240 g/mol. The second-order valence-corrected chi connectivity index (χ2v) is 25.6. The number of aromatic amines is 1. The highest BCUT2D eigenvalue weighted by Gasteiger charge is 2.39. The molecule has 8 heterocycles. The number of hydrogen-bond donors (Lipinski definition) is 1. The SMILES string of the molecule is CC1(C)c2ccccc2N(c2ccccn2)c2cc(Br)ccc21.Cn1c(-c2ccc3c(c2)[nH]c2ccccc23)nc2ccccc21.Cn1c(-c2ccc3c4ccccc4n(-c4ccc5c(c4)N(c4ccccn4)c4ccccc4C5(C)C)c3c2)nc2ccccc21. The number of nitrogens with one attached hydrogen (secondary N) is 1. The minimum atomic E-state index is -0.177. The van der Waals surface area contributed by atoms with E-state index in [0.717, 1.165) is 89.0 Å². The van der Waals surface area contributed by atoms with Gasteiger partial charge in [0.2, 0.25) is 0 Å². The number of rotatable bonds is 5. The van der Waals surface area contributed by atoms with Crippen molar-refractivity contribution in [2.45, 2.75) is 38.5 Å². The van der Waals surface area contributed by atoms with E-state index in [4.69, 9.17) is 15.0 Å². The summed E-state index contributed by atoms with van der Waals surface area (Å²) in [6, 6.07) is 89.9. The van der Waals surface area contributed by atoms with Crippen LogP contribution in [0.3, 0.4) is 0 Å². The normalized spacial score (nSPS) is 13.6. The van der Waals surface area contributed by atoms with E-state index in [1.165, 1.54) is 66.2 Å². The molecule has 18 rings (SSSR count). The number of anilines is 6. The number of benzene rings is 10. The molecule has 0 unspecified atom stereocenters. The summed E-state index contributed by atoms with van der Waals surface area (Å²) in [6.07, 6.45) is 3.71. The predicted octanol–water partition coefficient (Wildman–Crippen LogP) is 20.7. The van der Waals surface area contributed by atoms with Gasteiger partial charge >= 0.3 is 0 Å². The Hall–Kier alpha value is -10.9. The molecule has 0 radical (unpaired) electrons. The number of aryl methyl sites for hydroxylation is 2. The Labute approximate surface area is 536 Å². The standard InChI is InChI=1S/C40H31N5.C20H17BrN2.C20H15N3/c1-40(2)30-13-5-8-16-34(30)45(38-18-10-11-23-41-38)37-25-27(20-22-31(37)40)44-33-15-7-4-12-28(33)29-21-19-26(24-36(29)44)39-42-32-14-6-9-17-35(32)43(39)3;1-20(2)15-7-3-4-8-17(15)23(19-9-5-6-12-22-19)18-13-14(21)10-11-16(18)20;1-23-19-9-5-4-8-17(19)22-20(23)13-10-11-15-14-6-2-3-7-16(14)21-18(15)12-13/h4-25H,1-3H3;3-13H,1-2H3;2-12,21H,1H3. The summed E-state index contributed by atoms with van der Waals surface area (Å²) < 4.78 is 7.82. The Morgan fingerprint density at radius 3 is 1.42 bits per heavy atom. The smallest absolute Gasteiger partial charge is 0.140 e. The number of hydrogen-bond acceptors (Lipinski definition) is 6. The van der Waals surface area contributed by atoms with E-state index in [0.29, 0.717) is 0 Å². The van der Waals surface area contributed by atoms with Crippen LogP contribution < -0.4 is 9.80 Å². The lowest BCUT2D eigenvalue weighted by Crippen LogP contribution is -2.31. The van der Waals surface area contributed by atoms with Crippen molar-refractivity contribution in [3.63, 3.8) is 0 Å². The van der Waals surface area contributed by atoms with E-state index < -0.39 is 0 Å². The summed E-state index contributed by atoms with van der Waals surface area (Å²) in [5.74, 6) is 3.80. The van der Waals surface area contributed by atoms with Crippen molar-refractivity contribution >= 4 is 116 Å². The highest BCUT2D eigenvalue weighted by Crippen LogP contribution is 2.54. The number of nitrogens with zero attached hydrogens (tertiary/aromatic N) is 9. The monoisotopic (exact) mass is 1240 g/mol. The maximum atomic E-state index is 5.02. The van der Waals surface area contributed by atoms with E-state index >= 15 is 0 Å². The van der Waals surface area contributed by atoms with Gasteiger partial charge in [-0.15, -0.1) is 0 Å². The van der Waals surface area contributed by atoms with Gasteiger partial charge in [-0.25, -0.2) is 19.9 Å². The Balaban J connectivity index is 0.000000120. The van der Waals surface area contributed by atoms with Gasteiger partial charge in [0, 0.05) is 91.2 Å². The largest absolute Gasteiger partial charge is 0.354 e. The summed E-state index contributed by atoms with van der Waals surface area (Å²) in [5.41, 5.74) is 22.0. The summed E-state index contributed by atoms with van der Waals surface area (Å²) in [6.45, 7) is 9.22. The van der Waals surface area contributed by atoms with Gasteiger partial charge in [0.1, 0.15) is 23.3 Å². The summed E-state index contributed by atoms with van der Waals surface area (Å²) in [4.78, 5) is 27.3. The topological polar surface area (TPSA) is 88.6 Å². The zero-order valence-electron chi connectivity index (χ0n) is 51.3. The fourth-order valence-electron chi connectivity index (χ4n) is 14.2. The maximum Gasteiger partial charge on any atom is 0.140 e. The number of halogens is 1. The number of pyridine rings is 2. The van der Waals surface area contributed by atoms with E-state index in [-0.39, 0.29) is 10.8 Å². The quantitative estimate of drug-likeness (QED) is 0.185. The zero-order chi connectivity index (χ0) is 61.7. The molecule has 91 heavy (non-hydrogen) atoms. The predicted molar refractivity (Wildman–Crippen MR) is 379 cm³/mol. The molecule has 0 saturated carbocycles. The third-order valence-electron chi connectivity index (χ3n) is 18.7. The van der Waals surface area contributed by atoms with Crippen LogP contribution in [0.15, 0.2) is 272 Å². The molecule has 10 aromatic carbocycles. The van der Waals surface area contributed by atoms with Crippen LogP contribution in [0.5, 0.6) is 0 Å². The Morgan fingerprint density at radius 1 is 0.363 bits per heavy atom. The first kappa shape index (κ1) is 55.4. The van der Waals surface area contributed by atoms with Crippen LogP contribution in [-0.4, -0.2) is 38.6 Å². The number of aromatic nitrogens is 8. The molecular weight excluding hydrogens is 1180 g/mol. The van der Waals surface area contributed by atoms with Crippen LogP contribution in [-0.2, 0) is 24.9 Å². The highest BCUT2D eigenvalue weighted by molar-refractivity contribution is 9.10. The fourth-order valence-corrected chi connectivity index (χ4v) is 14.5. The van der Waals surface area contributed by atoms with E-state index in [1.54, 1.807) is 0 Å². The second kappa shape index (κ2) is 21.7. The van der Waals surface area contributed by atoms with Crippen LogP contribution in [0.4, 0.5) is 34.4 Å². The van der Waals surface area contributed by atoms with Crippen molar-refractivity contribution in [3.8, 4) is 28.5 Å². The van der Waals surface area contributed by atoms with E-state index in [9.17, 15) is 0 Å². The third kappa shape index (κ3) is 9.12. The number of fused-ring (bicyclic) bond motifs is 12. The first-order chi connectivity index (χ1) is 44.4. The van der Waals surface area contributed by atoms with Gasteiger partial charge in [-0.05, 0) is 131 Å². The molecule has 11 heteroatoms. The molecule has 0 aliphatic carbocycles.